The number of benzene rings is 1. The molecule has 4 heterocycles. The second-order valence-corrected chi connectivity index (χ2v) is 6.87. The number of aromatic amines is 1. The van der Waals surface area contributed by atoms with Crippen LogP contribution >= 0.6 is 0 Å². The van der Waals surface area contributed by atoms with E-state index in [1.54, 1.807) is 6.07 Å². The number of alkyl halides is 3. The van der Waals surface area contributed by atoms with Crippen molar-refractivity contribution in [3.63, 3.8) is 0 Å². The van der Waals surface area contributed by atoms with E-state index in [1.165, 1.54) is 11.2 Å². The van der Waals surface area contributed by atoms with Gasteiger partial charge in [0.05, 0.1) is 23.2 Å². The lowest BCUT2D eigenvalue weighted by Crippen LogP contribution is -2.41. The van der Waals surface area contributed by atoms with Crippen LogP contribution in [0.4, 0.5) is 13.2 Å². The second-order valence-electron chi connectivity index (χ2n) is 6.87. The highest BCUT2D eigenvalue weighted by Crippen LogP contribution is 2.37. The van der Waals surface area contributed by atoms with Crippen molar-refractivity contribution in [2.75, 3.05) is 6.54 Å². The molecule has 0 saturated heterocycles. The molecule has 0 saturated carbocycles. The van der Waals surface area contributed by atoms with E-state index in [1.807, 2.05) is 30.3 Å². The normalized spacial score (nSPS) is 16.6. The summed E-state index contributed by atoms with van der Waals surface area (Å²) in [6.07, 6.45) is -2.26. The van der Waals surface area contributed by atoms with Crippen LogP contribution in [0.3, 0.4) is 0 Å². The van der Waals surface area contributed by atoms with Crippen molar-refractivity contribution >= 4 is 16.8 Å². The summed E-state index contributed by atoms with van der Waals surface area (Å²) in [6, 6.07) is 10.3. The van der Waals surface area contributed by atoms with Gasteiger partial charge in [-0.1, -0.05) is 24.3 Å². The van der Waals surface area contributed by atoms with Crippen molar-refractivity contribution in [2.45, 2.75) is 18.6 Å². The number of rotatable bonds is 2. The molecule has 1 aliphatic heterocycles. The van der Waals surface area contributed by atoms with E-state index in [4.69, 9.17) is 4.42 Å². The minimum atomic E-state index is -4.80. The molecule has 152 valence electrons. The van der Waals surface area contributed by atoms with Crippen molar-refractivity contribution in [1.29, 1.82) is 0 Å². The first-order valence-corrected chi connectivity index (χ1v) is 9.13. The van der Waals surface area contributed by atoms with Gasteiger partial charge >= 0.3 is 6.18 Å². The molecule has 1 amide bonds. The van der Waals surface area contributed by atoms with Gasteiger partial charge in [-0.2, -0.15) is 13.2 Å². The lowest BCUT2D eigenvalue weighted by Gasteiger charge is -2.34. The Kier molecular flexibility index (Phi) is 4.09. The van der Waals surface area contributed by atoms with E-state index in [0.29, 0.717) is 29.7 Å². The maximum absolute atomic E-state index is 13.3. The average Bonchev–Trinajstić information content (AvgIpc) is 3.41. The number of pyridine rings is 1. The molecule has 0 unspecified atom stereocenters. The largest absolute Gasteiger partial charge is 0.438 e. The van der Waals surface area contributed by atoms with Crippen LogP contribution in [0.25, 0.3) is 10.9 Å². The topological polar surface area (TPSA) is 87.9 Å². The fourth-order valence-corrected chi connectivity index (χ4v) is 3.76. The highest BCUT2D eigenvalue weighted by atomic mass is 19.4. The molecule has 0 spiro atoms. The molecule has 1 aromatic carbocycles. The van der Waals surface area contributed by atoms with Gasteiger partial charge in [-0.05, 0) is 12.1 Å². The Hall–Kier alpha value is -3.69. The van der Waals surface area contributed by atoms with Crippen molar-refractivity contribution < 1.29 is 22.4 Å². The fraction of sp³-hybridized carbons (Fsp3) is 0.200. The second kappa shape index (κ2) is 6.68. The molecule has 7 nitrogen and oxygen atoms in total. The summed E-state index contributed by atoms with van der Waals surface area (Å²) in [4.78, 5) is 29.6. The zero-order valence-corrected chi connectivity index (χ0v) is 15.3. The summed E-state index contributed by atoms with van der Waals surface area (Å²) >= 11 is 0. The van der Waals surface area contributed by atoms with Gasteiger partial charge in [0.15, 0.2) is 12.1 Å². The van der Waals surface area contributed by atoms with Gasteiger partial charge in [0, 0.05) is 24.0 Å². The van der Waals surface area contributed by atoms with Crippen LogP contribution in [-0.4, -0.2) is 37.3 Å². The Bertz CT molecular complexity index is 1250. The summed E-state index contributed by atoms with van der Waals surface area (Å²) in [6.45, 7) is 0.172. The third kappa shape index (κ3) is 2.92. The van der Waals surface area contributed by atoms with Crippen molar-refractivity contribution in [2.24, 2.45) is 0 Å². The monoisotopic (exact) mass is 413 g/mol. The molecule has 3 aromatic heterocycles. The van der Waals surface area contributed by atoms with E-state index in [9.17, 15) is 18.0 Å². The summed E-state index contributed by atoms with van der Waals surface area (Å²) in [5.41, 5.74) is 1.23. The maximum Gasteiger partial charge on any atom is 0.437 e. The first-order valence-electron chi connectivity index (χ1n) is 9.13. The van der Waals surface area contributed by atoms with E-state index in [2.05, 4.69) is 19.9 Å². The third-order valence-corrected chi connectivity index (χ3v) is 5.12. The standard InChI is InChI=1S/C20H14F3N5O2/c21-20(22,23)18-17(30-10-26-18)19(29)28-8-7-13-15(25-9-24-13)16(28)14-6-5-11-3-1-2-4-12(11)27-14/h1-6,9-10,16H,7-8H2,(H,24,25)/t16-/m0/s1. The molecule has 0 aliphatic carbocycles. The Morgan fingerprint density at radius 2 is 2.00 bits per heavy atom. The highest BCUT2D eigenvalue weighted by Gasteiger charge is 2.43. The number of hydrogen-bond acceptors (Lipinski definition) is 5. The number of oxazole rings is 1. The number of carbonyl (C=O) groups is 1. The minimum absolute atomic E-state index is 0.172. The number of nitrogens with zero attached hydrogens (tertiary/aromatic N) is 4. The molecule has 1 atom stereocenters. The van der Waals surface area contributed by atoms with Gasteiger partial charge in [0.2, 0.25) is 5.76 Å². The average molecular weight is 413 g/mol. The van der Waals surface area contributed by atoms with Gasteiger partial charge in [0.1, 0.15) is 6.04 Å². The third-order valence-electron chi connectivity index (χ3n) is 5.12. The molecule has 30 heavy (non-hydrogen) atoms. The first-order chi connectivity index (χ1) is 14.4. The summed E-state index contributed by atoms with van der Waals surface area (Å²) in [7, 11) is 0. The van der Waals surface area contributed by atoms with Gasteiger partial charge in [-0.25, -0.2) is 9.97 Å². The van der Waals surface area contributed by atoms with Crippen LogP contribution in [0.1, 0.15) is 39.4 Å². The Labute approximate surface area is 167 Å². The number of halogens is 3. The quantitative estimate of drug-likeness (QED) is 0.541. The van der Waals surface area contributed by atoms with Gasteiger partial charge in [-0.3, -0.25) is 9.78 Å². The number of fused-ring (bicyclic) bond motifs is 2. The Balaban J connectivity index is 1.62. The zero-order valence-electron chi connectivity index (χ0n) is 15.3. The van der Waals surface area contributed by atoms with E-state index >= 15 is 0 Å². The van der Waals surface area contributed by atoms with Crippen molar-refractivity contribution in [3.05, 3.63) is 77.7 Å². The summed E-state index contributed by atoms with van der Waals surface area (Å²) in [5, 5.41) is 0.909. The Morgan fingerprint density at radius 3 is 2.83 bits per heavy atom. The van der Waals surface area contributed by atoms with Crippen LogP contribution in [0.2, 0.25) is 0 Å². The number of imidazole rings is 1. The molecule has 0 radical (unpaired) electrons. The van der Waals surface area contributed by atoms with Crippen LogP contribution in [0.15, 0.2) is 53.5 Å². The number of H-pyrrole nitrogens is 1. The molecule has 0 fully saturated rings. The van der Waals surface area contributed by atoms with Gasteiger partial charge in [-0.15, -0.1) is 0 Å². The van der Waals surface area contributed by atoms with E-state index in [0.717, 1.165) is 11.1 Å². The van der Waals surface area contributed by atoms with Gasteiger partial charge in [0.25, 0.3) is 5.91 Å². The SMILES string of the molecule is O=C(c1ocnc1C(F)(F)F)N1CCc2[nH]cnc2[C@@H]1c1ccc2ccccc2n1. The van der Waals surface area contributed by atoms with Crippen LogP contribution in [-0.2, 0) is 12.6 Å². The Morgan fingerprint density at radius 1 is 1.17 bits per heavy atom. The van der Waals surface area contributed by atoms with Crippen LogP contribution in [0, 0.1) is 0 Å². The molecule has 1 aliphatic rings. The van der Waals surface area contributed by atoms with Crippen molar-refractivity contribution in [3.8, 4) is 0 Å². The first kappa shape index (κ1) is 18.3. The molecule has 1 N–H and O–H groups in total. The smallest absolute Gasteiger partial charge is 0.437 e. The number of carbonyl (C=O) groups excluding carboxylic acids is 1. The van der Waals surface area contributed by atoms with Crippen molar-refractivity contribution in [1.82, 2.24) is 24.8 Å². The molecule has 10 heteroatoms. The lowest BCUT2D eigenvalue weighted by atomic mass is 9.98. The molecular weight excluding hydrogens is 399 g/mol. The number of nitrogens with one attached hydrogen (secondary N) is 1. The number of para-hydroxylation sites is 1. The minimum Gasteiger partial charge on any atom is -0.438 e. The number of amides is 1. The predicted molar refractivity (Wildman–Crippen MR) is 98.4 cm³/mol. The predicted octanol–water partition coefficient (Wildman–Crippen LogP) is 3.75. The number of hydrogen-bond donors (Lipinski definition) is 1. The fourth-order valence-electron chi connectivity index (χ4n) is 3.76. The molecule has 0 bridgehead atoms. The van der Waals surface area contributed by atoms with E-state index < -0.39 is 29.6 Å². The highest BCUT2D eigenvalue weighted by molar-refractivity contribution is 5.93. The maximum atomic E-state index is 13.3. The summed E-state index contributed by atoms with van der Waals surface area (Å²) < 4.78 is 44.7. The molecular formula is C20H14F3N5O2. The van der Waals surface area contributed by atoms with Crippen LogP contribution < -0.4 is 0 Å². The number of aromatic nitrogens is 4. The summed E-state index contributed by atoms with van der Waals surface area (Å²) in [5.74, 6) is -1.75. The van der Waals surface area contributed by atoms with E-state index in [-0.39, 0.29) is 6.54 Å². The zero-order chi connectivity index (χ0) is 20.9. The lowest BCUT2D eigenvalue weighted by molar-refractivity contribution is -0.141. The molecule has 4 aromatic rings. The van der Waals surface area contributed by atoms with Gasteiger partial charge < -0.3 is 14.3 Å². The molecule has 5 rings (SSSR count). The van der Waals surface area contributed by atoms with Crippen LogP contribution in [0.5, 0.6) is 0 Å².